The van der Waals surface area contributed by atoms with Crippen molar-refractivity contribution in [1.82, 2.24) is 9.80 Å². The summed E-state index contributed by atoms with van der Waals surface area (Å²) in [6, 6.07) is 2.55. The van der Waals surface area contributed by atoms with Crippen molar-refractivity contribution in [3.63, 3.8) is 0 Å². The fraction of sp³-hybridized carbons (Fsp3) is 0.688. The van der Waals surface area contributed by atoms with Crippen LogP contribution in [0.3, 0.4) is 0 Å². The van der Waals surface area contributed by atoms with E-state index >= 15 is 0 Å². The topological polar surface area (TPSA) is 32.8 Å². The Hall–Kier alpha value is -0.910. The van der Waals surface area contributed by atoms with E-state index in [4.69, 9.17) is 4.74 Å². The van der Waals surface area contributed by atoms with Gasteiger partial charge in [0.2, 0.25) is 5.91 Å². The average molecular weight is 308 g/mol. The van der Waals surface area contributed by atoms with Crippen molar-refractivity contribution in [2.24, 2.45) is 5.92 Å². The van der Waals surface area contributed by atoms with E-state index in [1.807, 2.05) is 12.3 Å². The third kappa shape index (κ3) is 3.15. The normalized spacial score (nSPS) is 28.8. The molecule has 1 amide bonds. The van der Waals surface area contributed by atoms with Gasteiger partial charge in [0.05, 0.1) is 19.1 Å². The molecule has 0 spiro atoms. The summed E-state index contributed by atoms with van der Waals surface area (Å²) in [5.74, 6) is 0.796. The number of likely N-dealkylation sites (tertiary alicyclic amines) is 1. The zero-order chi connectivity index (χ0) is 14.8. The SMILES string of the molecule is C[C@H](C(=O)N1C[C@@H](N2CCOCC2)[C@@H](C)C1)c1ccsc1. The molecule has 2 aliphatic heterocycles. The van der Waals surface area contributed by atoms with Gasteiger partial charge in [-0.1, -0.05) is 6.92 Å². The van der Waals surface area contributed by atoms with Crippen LogP contribution in [-0.2, 0) is 9.53 Å². The van der Waals surface area contributed by atoms with Crippen molar-refractivity contribution in [1.29, 1.82) is 0 Å². The standard InChI is InChI=1S/C16H24N2O2S/c1-12-9-18(10-15(12)17-4-6-20-7-5-17)16(19)13(2)14-3-8-21-11-14/h3,8,11-13,15H,4-7,9-10H2,1-2H3/t12-,13-,15+/m0/s1. The molecule has 3 atom stereocenters. The number of hydrogen-bond donors (Lipinski definition) is 0. The largest absolute Gasteiger partial charge is 0.379 e. The number of ether oxygens (including phenoxy) is 1. The highest BCUT2D eigenvalue weighted by Crippen LogP contribution is 2.27. The average Bonchev–Trinajstić information content (AvgIpc) is 3.16. The van der Waals surface area contributed by atoms with Crippen LogP contribution >= 0.6 is 11.3 Å². The zero-order valence-electron chi connectivity index (χ0n) is 12.8. The van der Waals surface area contributed by atoms with Crippen LogP contribution in [0.25, 0.3) is 0 Å². The number of carbonyl (C=O) groups excluding carboxylic acids is 1. The van der Waals surface area contributed by atoms with E-state index in [1.54, 1.807) is 11.3 Å². The predicted molar refractivity (Wildman–Crippen MR) is 84.7 cm³/mol. The number of carbonyl (C=O) groups is 1. The van der Waals surface area contributed by atoms with Crippen LogP contribution in [0, 0.1) is 5.92 Å². The molecular weight excluding hydrogens is 284 g/mol. The summed E-state index contributed by atoms with van der Waals surface area (Å²) in [6.45, 7) is 9.68. The van der Waals surface area contributed by atoms with E-state index in [-0.39, 0.29) is 11.8 Å². The molecule has 0 N–H and O–H groups in total. The van der Waals surface area contributed by atoms with Crippen LogP contribution < -0.4 is 0 Å². The lowest BCUT2D eigenvalue weighted by atomic mass is 10.0. The molecule has 0 aliphatic carbocycles. The van der Waals surface area contributed by atoms with Crippen LogP contribution in [0.5, 0.6) is 0 Å². The van der Waals surface area contributed by atoms with Crippen molar-refractivity contribution in [3.05, 3.63) is 22.4 Å². The van der Waals surface area contributed by atoms with E-state index in [1.165, 1.54) is 0 Å². The van der Waals surface area contributed by atoms with Gasteiger partial charge in [-0.05, 0) is 35.2 Å². The highest BCUT2D eigenvalue weighted by atomic mass is 32.1. The van der Waals surface area contributed by atoms with E-state index in [0.29, 0.717) is 12.0 Å². The number of thiophene rings is 1. The molecule has 21 heavy (non-hydrogen) atoms. The summed E-state index contributed by atoms with van der Waals surface area (Å²) in [5, 5.41) is 4.13. The molecule has 2 fully saturated rings. The maximum absolute atomic E-state index is 12.7. The van der Waals surface area contributed by atoms with Gasteiger partial charge in [-0.2, -0.15) is 11.3 Å². The van der Waals surface area contributed by atoms with Gasteiger partial charge in [0.15, 0.2) is 0 Å². The van der Waals surface area contributed by atoms with Crippen molar-refractivity contribution < 1.29 is 9.53 Å². The van der Waals surface area contributed by atoms with Crippen LogP contribution in [0.15, 0.2) is 16.8 Å². The minimum absolute atomic E-state index is 0.0214. The van der Waals surface area contributed by atoms with Gasteiger partial charge in [0.25, 0.3) is 0 Å². The molecule has 1 aromatic heterocycles. The Balaban J connectivity index is 1.63. The first-order chi connectivity index (χ1) is 10.2. The molecule has 116 valence electrons. The Labute approximate surface area is 130 Å². The highest BCUT2D eigenvalue weighted by Gasteiger charge is 2.37. The Kier molecular flexibility index (Phi) is 4.62. The smallest absolute Gasteiger partial charge is 0.229 e. The molecule has 2 aliphatic rings. The predicted octanol–water partition coefficient (Wildman–Crippen LogP) is 2.03. The second kappa shape index (κ2) is 6.46. The van der Waals surface area contributed by atoms with Crippen molar-refractivity contribution in [3.8, 4) is 0 Å². The van der Waals surface area contributed by atoms with Crippen molar-refractivity contribution in [2.75, 3.05) is 39.4 Å². The van der Waals surface area contributed by atoms with Crippen molar-refractivity contribution >= 4 is 17.2 Å². The molecule has 3 rings (SSSR count). The van der Waals surface area contributed by atoms with Gasteiger partial charge in [0.1, 0.15) is 0 Å². The summed E-state index contributed by atoms with van der Waals surface area (Å²) in [6.07, 6.45) is 0. The lowest BCUT2D eigenvalue weighted by molar-refractivity contribution is -0.131. The fourth-order valence-electron chi connectivity index (χ4n) is 3.45. The van der Waals surface area contributed by atoms with Gasteiger partial charge in [-0.25, -0.2) is 0 Å². The maximum Gasteiger partial charge on any atom is 0.229 e. The van der Waals surface area contributed by atoms with E-state index in [9.17, 15) is 4.79 Å². The minimum atomic E-state index is -0.0214. The Morgan fingerprint density at radius 2 is 2.14 bits per heavy atom. The second-order valence-corrected chi connectivity index (χ2v) is 6.99. The number of rotatable bonds is 3. The first-order valence-corrected chi connectivity index (χ1v) is 8.73. The third-order valence-electron chi connectivity index (χ3n) is 4.81. The lowest BCUT2D eigenvalue weighted by Crippen LogP contribution is -2.47. The van der Waals surface area contributed by atoms with E-state index in [2.05, 4.69) is 28.2 Å². The fourth-order valence-corrected chi connectivity index (χ4v) is 4.21. The quantitative estimate of drug-likeness (QED) is 0.856. The Morgan fingerprint density at radius 1 is 1.38 bits per heavy atom. The highest BCUT2D eigenvalue weighted by molar-refractivity contribution is 7.08. The Bertz CT molecular complexity index is 471. The van der Waals surface area contributed by atoms with Gasteiger partial charge in [0, 0.05) is 32.2 Å². The first-order valence-electron chi connectivity index (χ1n) is 7.79. The number of morpholine rings is 1. The van der Waals surface area contributed by atoms with Crippen LogP contribution in [0.1, 0.15) is 25.3 Å². The second-order valence-electron chi connectivity index (χ2n) is 6.21. The van der Waals surface area contributed by atoms with Gasteiger partial charge >= 0.3 is 0 Å². The third-order valence-corrected chi connectivity index (χ3v) is 5.51. The first kappa shape index (κ1) is 15.0. The molecule has 1 aromatic rings. The monoisotopic (exact) mass is 308 g/mol. The van der Waals surface area contributed by atoms with Gasteiger partial charge < -0.3 is 9.64 Å². The van der Waals surface area contributed by atoms with Crippen molar-refractivity contribution in [2.45, 2.75) is 25.8 Å². The molecule has 3 heterocycles. The Morgan fingerprint density at radius 3 is 2.81 bits per heavy atom. The maximum atomic E-state index is 12.7. The number of nitrogens with zero attached hydrogens (tertiary/aromatic N) is 2. The molecule has 0 saturated carbocycles. The van der Waals surface area contributed by atoms with Gasteiger partial charge in [-0.3, -0.25) is 9.69 Å². The molecule has 5 heteroatoms. The van der Waals surface area contributed by atoms with Crippen LogP contribution in [0.4, 0.5) is 0 Å². The molecule has 4 nitrogen and oxygen atoms in total. The lowest BCUT2D eigenvalue weighted by Gasteiger charge is -2.34. The van der Waals surface area contributed by atoms with Crippen LogP contribution in [0.2, 0.25) is 0 Å². The summed E-state index contributed by atoms with van der Waals surface area (Å²) < 4.78 is 5.43. The molecule has 2 saturated heterocycles. The summed E-state index contributed by atoms with van der Waals surface area (Å²) in [4.78, 5) is 17.3. The van der Waals surface area contributed by atoms with E-state index in [0.717, 1.165) is 45.0 Å². The van der Waals surface area contributed by atoms with Crippen LogP contribution in [-0.4, -0.2) is 61.1 Å². The molecule has 0 aromatic carbocycles. The molecule has 0 bridgehead atoms. The summed E-state index contributed by atoms with van der Waals surface area (Å²) in [7, 11) is 0. The molecular formula is C16H24N2O2S. The minimum Gasteiger partial charge on any atom is -0.379 e. The number of hydrogen-bond acceptors (Lipinski definition) is 4. The van der Waals surface area contributed by atoms with Gasteiger partial charge in [-0.15, -0.1) is 0 Å². The molecule has 0 unspecified atom stereocenters. The summed E-state index contributed by atoms with van der Waals surface area (Å²) >= 11 is 1.66. The van der Waals surface area contributed by atoms with E-state index < -0.39 is 0 Å². The summed E-state index contributed by atoms with van der Waals surface area (Å²) in [5.41, 5.74) is 1.15. The zero-order valence-corrected chi connectivity index (χ0v) is 13.6. The molecule has 0 radical (unpaired) electrons. The number of amides is 1.